The van der Waals surface area contributed by atoms with E-state index in [2.05, 4.69) is 63.1 Å². The minimum atomic E-state index is -1.93. The lowest BCUT2D eigenvalue weighted by molar-refractivity contribution is -0.149. The fourth-order valence-corrected chi connectivity index (χ4v) is 17.0. The molecule has 3 aromatic carbocycles. The molecule has 3 aliphatic heterocycles. The van der Waals surface area contributed by atoms with Gasteiger partial charge in [-0.1, -0.05) is 102 Å². The van der Waals surface area contributed by atoms with Crippen LogP contribution in [0, 0.1) is 5.92 Å². The zero-order valence-electron chi connectivity index (χ0n) is 75.0. The molecule has 8 rings (SSSR count). The smallest absolute Gasteiger partial charge is 0.303 e. The van der Waals surface area contributed by atoms with Crippen LogP contribution in [0.5, 0.6) is 5.75 Å². The molecule has 44 heteroatoms. The summed E-state index contributed by atoms with van der Waals surface area (Å²) in [5, 5.41) is 69.3. The molecule has 22 N–H and O–H groups in total. The third kappa shape index (κ3) is 28.9. The van der Waals surface area contributed by atoms with E-state index in [-0.39, 0.29) is 70.1 Å². The number of hydrogen-bond acceptors (Lipinski definition) is 23. The van der Waals surface area contributed by atoms with Crippen LogP contribution in [-0.4, -0.2) is 317 Å². The standard InChI is InChI=1S/C88H122N20O23S/c1-9-11-22-66-81(124)96-57(29-30-74(116)117)77(120)103-65(76(119)94-41-72(91)114)44-132-45-73(115)95-61(33-48-25-27-51(110)28-26-48)84(127)104(6)47(5)75(118)99-63(38-71(90)113)86(129)107-31-17-24-67(107)82(125)98-59(37-70(89)112)79(122)100-60(32-46(3)4)87(130)108-42-52(111)36-69(108)83(126)97-58(34-49-39-92-55-20-15-13-18-53(49)55)78(121)102-64(43-109)80(123)101-62(35-50-40-93-56-21-16-14-19-54(50)56)85(128)106(8)68(23-12-10-2)88(131)105(66)7/h13-16,18-21,25-28,39-40,46-47,52,57-69,92-93,109-111H,9-12,17,22-24,29-38,41-45H2,1-8H3,(H2,89,112)(H2,90,113)(H2,91,114)(H,94,119)(H,95,115)(H,96,124)(H,97,126)(H,98,125)(H,99,118)(H,100,122)(H,101,123)(H,102,121)(H,103,120)(H,116,117)/t47-,52+,57-,58-,59-,60-,61-,62-,63-,64-,65?,66-,67-,68-,69-/m0/s1. The van der Waals surface area contributed by atoms with Crippen molar-refractivity contribution in [2.45, 2.75) is 234 Å². The molecule has 0 radical (unpaired) electrons. The van der Waals surface area contributed by atoms with Crippen molar-refractivity contribution < 1.29 is 112 Å². The number of fused-ring (bicyclic) bond motifs is 4. The first-order valence-corrected chi connectivity index (χ1v) is 45.0. The van der Waals surface area contributed by atoms with Gasteiger partial charge in [0.15, 0.2) is 0 Å². The van der Waals surface area contributed by atoms with Crippen molar-refractivity contribution in [1.29, 1.82) is 0 Å². The highest BCUT2D eigenvalue weighted by Gasteiger charge is 2.47. The third-order valence-electron chi connectivity index (χ3n) is 23.4. The summed E-state index contributed by atoms with van der Waals surface area (Å²) >= 11 is 0.694. The Morgan fingerprint density at radius 1 is 0.523 bits per heavy atom. The minimum absolute atomic E-state index is 0.0542. The van der Waals surface area contributed by atoms with Crippen LogP contribution in [0.3, 0.4) is 0 Å². The summed E-state index contributed by atoms with van der Waals surface area (Å²) in [5.41, 5.74) is 19.2. The number of hydrogen-bond donors (Lipinski definition) is 19. The average Bonchev–Trinajstić information content (AvgIpc) is 1.09. The van der Waals surface area contributed by atoms with E-state index in [1.807, 2.05) is 6.92 Å². The van der Waals surface area contributed by atoms with Gasteiger partial charge in [0.05, 0.1) is 37.9 Å². The maximum Gasteiger partial charge on any atom is 0.303 e. The molecular weight excluding hydrogens is 1740 g/mol. The summed E-state index contributed by atoms with van der Waals surface area (Å²) in [4.78, 5) is 284. The second-order valence-electron chi connectivity index (χ2n) is 33.8. The van der Waals surface area contributed by atoms with Crippen molar-refractivity contribution in [2.75, 3.05) is 58.9 Å². The number of phenolic OH excluding ortho intramolecular Hbond substituents is 1. The topological polar surface area (TPSA) is 651 Å². The number of rotatable bonds is 25. The predicted molar refractivity (Wildman–Crippen MR) is 479 cm³/mol. The van der Waals surface area contributed by atoms with E-state index >= 15 is 33.6 Å². The average molecular weight is 1860 g/mol. The van der Waals surface area contributed by atoms with E-state index in [1.54, 1.807) is 81.7 Å². The van der Waals surface area contributed by atoms with Crippen LogP contribution in [-0.2, 0) is 110 Å². The van der Waals surface area contributed by atoms with Gasteiger partial charge in [-0.25, -0.2) is 0 Å². The van der Waals surface area contributed by atoms with Crippen molar-refractivity contribution in [2.24, 2.45) is 23.1 Å². The highest BCUT2D eigenvalue weighted by molar-refractivity contribution is 8.00. The van der Waals surface area contributed by atoms with Crippen molar-refractivity contribution in [3.63, 3.8) is 0 Å². The number of aromatic nitrogens is 2. The number of unbranched alkanes of at least 4 members (excludes halogenated alkanes) is 2. The number of nitrogens with two attached hydrogens (primary N) is 3. The van der Waals surface area contributed by atoms with Gasteiger partial charge >= 0.3 is 5.97 Å². The zero-order chi connectivity index (χ0) is 97.1. The Morgan fingerprint density at radius 3 is 1.61 bits per heavy atom. The number of thioether (sulfide) groups is 1. The number of phenols is 1. The van der Waals surface area contributed by atoms with E-state index in [0.717, 1.165) is 24.5 Å². The number of carboxylic acid groups (broad SMARTS) is 1. The van der Waals surface area contributed by atoms with Crippen molar-refractivity contribution in [3.8, 4) is 5.75 Å². The monoisotopic (exact) mass is 1860 g/mol. The second kappa shape index (κ2) is 49.1. The number of amides is 18. The minimum Gasteiger partial charge on any atom is -0.508 e. The summed E-state index contributed by atoms with van der Waals surface area (Å²) < 4.78 is 0. The molecule has 0 saturated carbocycles. The first-order chi connectivity index (χ1) is 62.6. The molecule has 18 amide bonds. The van der Waals surface area contributed by atoms with Gasteiger partial charge in [0.1, 0.15) is 90.3 Å². The van der Waals surface area contributed by atoms with Gasteiger partial charge < -0.3 is 125 Å². The Morgan fingerprint density at radius 2 is 1.02 bits per heavy atom. The number of aliphatic carboxylic acids is 1. The number of nitrogens with one attached hydrogen (secondary N) is 12. The van der Waals surface area contributed by atoms with E-state index in [9.17, 15) is 78.0 Å². The second-order valence-corrected chi connectivity index (χ2v) is 34.8. The lowest BCUT2D eigenvalue weighted by atomic mass is 10.00. The number of carboxylic acids is 1. The third-order valence-corrected chi connectivity index (χ3v) is 24.4. The lowest BCUT2D eigenvalue weighted by Gasteiger charge is -2.36. The molecule has 2 aromatic heterocycles. The Kier molecular flexibility index (Phi) is 38.7. The van der Waals surface area contributed by atoms with Gasteiger partial charge in [-0.05, 0) is 92.3 Å². The first kappa shape index (κ1) is 104. The molecular formula is C88H122N20O23S. The number of para-hydroxylation sites is 2. The fraction of sp³-hybridized carbons (Fsp3) is 0.534. The Bertz CT molecular complexity index is 5030. The predicted octanol–water partition coefficient (Wildman–Crippen LogP) is -3.42. The summed E-state index contributed by atoms with van der Waals surface area (Å²) in [6.07, 6.45) is -1.68. The van der Waals surface area contributed by atoms with Gasteiger partial charge in [-0.3, -0.25) is 91.1 Å². The van der Waals surface area contributed by atoms with Gasteiger partial charge in [-0.15, -0.1) is 11.8 Å². The Labute approximate surface area is 765 Å². The Balaban J connectivity index is 1.19. The molecule has 5 heterocycles. The number of primary amides is 3. The first-order valence-electron chi connectivity index (χ1n) is 43.9. The van der Waals surface area contributed by atoms with E-state index in [0.29, 0.717) is 69.5 Å². The van der Waals surface area contributed by atoms with Crippen LogP contribution in [0.15, 0.2) is 85.2 Å². The Hall–Kier alpha value is -13.3. The molecule has 5 aromatic rings. The van der Waals surface area contributed by atoms with Crippen LogP contribution in [0.25, 0.3) is 21.8 Å². The maximum absolute atomic E-state index is 15.7. The molecule has 1 unspecified atom stereocenters. The molecule has 3 fully saturated rings. The summed E-state index contributed by atoms with van der Waals surface area (Å²) in [5.74, 6) is -21.8. The van der Waals surface area contributed by atoms with Gasteiger partial charge in [0.25, 0.3) is 0 Å². The number of aliphatic hydroxyl groups excluding tert-OH is 2. The number of aliphatic hydroxyl groups is 2. The van der Waals surface area contributed by atoms with Crippen LogP contribution in [0.2, 0.25) is 0 Å². The number of benzene rings is 3. The molecule has 43 nitrogen and oxygen atoms in total. The SMILES string of the molecule is CCCC[C@H]1C(=O)N(C)[C@@H](CCCC)C(=O)N[C@@H](CCC(=O)O)C(=O)NC(C(=O)NCC(N)=O)CSCC(=O)N[C@@H](Cc2ccc(O)cc2)C(=O)N(C)[C@@H](C)C(=O)N[C@@H](CC(N)=O)C(=O)N2CCC[C@H]2C(=O)N[C@@H](CC(N)=O)C(=O)N[C@@H](CC(C)C)C(=O)N2C[C@H](O)C[C@H]2C(=O)N[C@@H](Cc2c[nH]c3ccccc23)C(=O)N[C@@H](CO)C(=O)N[C@@H](Cc2c[nH]c3ccccc23)C(=O)N1C. The summed E-state index contributed by atoms with van der Waals surface area (Å²) in [7, 11) is 3.75. The summed E-state index contributed by atoms with van der Waals surface area (Å²) in [6, 6.07) is -3.88. The number of carbonyl (C=O) groups excluding carboxylic acids is 18. The van der Waals surface area contributed by atoms with Crippen molar-refractivity contribution in [1.82, 2.24) is 87.6 Å². The van der Waals surface area contributed by atoms with Crippen LogP contribution in [0.4, 0.5) is 0 Å². The largest absolute Gasteiger partial charge is 0.508 e. The van der Waals surface area contributed by atoms with Crippen molar-refractivity contribution in [3.05, 3.63) is 102 Å². The maximum atomic E-state index is 15.7. The highest BCUT2D eigenvalue weighted by Crippen LogP contribution is 2.28. The molecule has 718 valence electrons. The lowest BCUT2D eigenvalue weighted by Crippen LogP contribution is -2.62. The molecule has 132 heavy (non-hydrogen) atoms. The quantitative estimate of drug-likeness (QED) is 0.0271. The normalized spacial score (nSPS) is 25.1. The van der Waals surface area contributed by atoms with Crippen LogP contribution >= 0.6 is 11.8 Å². The molecule has 0 bridgehead atoms. The summed E-state index contributed by atoms with van der Waals surface area (Å²) in [6.45, 7) is 5.58. The number of likely N-dealkylation sites (N-methyl/N-ethyl adjacent to an activating group) is 3. The number of nitrogens with zero attached hydrogens (tertiary/aromatic N) is 5. The van der Waals surface area contributed by atoms with E-state index in [1.165, 1.54) is 52.3 Å². The molecule has 0 aliphatic carbocycles. The number of H-pyrrole nitrogens is 2. The van der Waals surface area contributed by atoms with Gasteiger partial charge in [0.2, 0.25) is 106 Å². The molecule has 15 atom stereocenters. The number of aromatic amines is 2. The van der Waals surface area contributed by atoms with Crippen LogP contribution in [0.1, 0.15) is 141 Å². The van der Waals surface area contributed by atoms with Crippen LogP contribution < -0.4 is 70.4 Å². The van der Waals surface area contributed by atoms with Gasteiger partial charge in [-0.2, -0.15) is 0 Å². The van der Waals surface area contributed by atoms with E-state index in [4.69, 9.17) is 17.2 Å². The molecule has 3 saturated heterocycles. The molecule has 0 spiro atoms. The van der Waals surface area contributed by atoms with Crippen molar-refractivity contribution >= 4 is 146 Å². The zero-order valence-corrected chi connectivity index (χ0v) is 75.8. The van der Waals surface area contributed by atoms with Gasteiger partial charge in [0, 0.05) is 106 Å². The highest BCUT2D eigenvalue weighted by atomic mass is 32.2. The molecule has 3 aliphatic rings. The fourth-order valence-electron chi connectivity index (χ4n) is 16.1. The number of aromatic hydroxyl groups is 1. The van der Waals surface area contributed by atoms with E-state index < -0.39 is 272 Å². The number of carbonyl (C=O) groups is 19.